The summed E-state index contributed by atoms with van der Waals surface area (Å²) >= 11 is 0. The van der Waals surface area contributed by atoms with E-state index in [1.54, 1.807) is 5.30 Å². The minimum Gasteiger partial charge on any atom is -0.242 e. The van der Waals surface area contributed by atoms with E-state index in [0.29, 0.717) is 0 Å². The summed E-state index contributed by atoms with van der Waals surface area (Å²) in [6.45, 7) is 6.26. The highest BCUT2D eigenvalue weighted by Gasteiger charge is 2.37. The molecule has 0 bridgehead atoms. The average molecular weight is 498 g/mol. The molecular weight excluding hydrogens is 453 g/mol. The van der Waals surface area contributed by atoms with E-state index in [4.69, 9.17) is 0 Å². The molecule has 2 nitrogen and oxygen atoms in total. The van der Waals surface area contributed by atoms with Crippen molar-refractivity contribution in [3.05, 3.63) is 65.7 Å². The lowest BCUT2D eigenvalue weighted by Gasteiger charge is -2.41. The first-order valence-corrected chi connectivity index (χ1v) is 16.0. The first-order valence-electron chi connectivity index (χ1n) is 13.4. The van der Waals surface area contributed by atoms with Crippen LogP contribution in [-0.2, 0) is 11.0 Å². The van der Waals surface area contributed by atoms with Crippen LogP contribution < -0.4 is 5.30 Å². The van der Waals surface area contributed by atoms with E-state index in [2.05, 4.69) is 86.7 Å². The van der Waals surface area contributed by atoms with Gasteiger partial charge in [-0.25, -0.2) is 8.51 Å². The lowest BCUT2D eigenvalue weighted by Crippen LogP contribution is -2.39. The lowest BCUT2D eigenvalue weighted by molar-refractivity contribution is 0.441. The molecular formula is C30H44NOPS. The third kappa shape index (κ3) is 6.03. The Morgan fingerprint density at radius 1 is 0.794 bits per heavy atom. The van der Waals surface area contributed by atoms with E-state index in [-0.39, 0.29) is 18.7 Å². The molecule has 0 heterocycles. The molecule has 0 saturated heterocycles. The molecule has 2 saturated carbocycles. The summed E-state index contributed by atoms with van der Waals surface area (Å²) in [5.41, 5.74) is 4.35. The van der Waals surface area contributed by atoms with Crippen LogP contribution >= 0.6 is 7.92 Å². The second-order valence-corrected chi connectivity index (χ2v) is 16.3. The van der Waals surface area contributed by atoms with Gasteiger partial charge in [0.25, 0.3) is 0 Å². The highest BCUT2D eigenvalue weighted by molar-refractivity contribution is 7.84. The fraction of sp³-hybridized carbons (Fsp3) is 0.600. The SMILES string of the molecule is CN([C@H](c1ccccc1)c1ccccc1P(C1CCCCC1)C1CCCCC1)[S@](=O)C(C)(C)C. The van der Waals surface area contributed by atoms with Gasteiger partial charge in [0, 0.05) is 7.05 Å². The highest BCUT2D eigenvalue weighted by atomic mass is 32.2. The molecule has 0 radical (unpaired) electrons. The maximum Gasteiger partial charge on any atom is 0.100 e. The fourth-order valence-electron chi connectivity index (χ4n) is 6.11. The molecule has 4 rings (SSSR count). The maximum absolute atomic E-state index is 13.7. The molecule has 186 valence electrons. The number of nitrogens with zero attached hydrogens (tertiary/aromatic N) is 1. The zero-order valence-electron chi connectivity index (χ0n) is 21.7. The summed E-state index contributed by atoms with van der Waals surface area (Å²) in [5.74, 6) is 0. The van der Waals surface area contributed by atoms with Crippen LogP contribution in [0, 0.1) is 0 Å². The number of rotatable bonds is 7. The van der Waals surface area contributed by atoms with Gasteiger partial charge < -0.3 is 0 Å². The molecule has 0 spiro atoms. The smallest absolute Gasteiger partial charge is 0.100 e. The Morgan fingerprint density at radius 3 is 1.82 bits per heavy atom. The Morgan fingerprint density at radius 2 is 1.29 bits per heavy atom. The standard InChI is InChI=1S/C30H44NOPS/c1-30(2,3)34(32)31(4)29(24-16-8-5-9-17-24)27-22-14-15-23-28(27)33(25-18-10-6-11-19-25)26-20-12-7-13-21-26/h5,8-9,14-17,22-23,25-26,29H,6-7,10-13,18-21H2,1-4H3/t29-,34-/m1/s1. The molecule has 0 N–H and O–H groups in total. The number of benzene rings is 2. The van der Waals surface area contributed by atoms with Crippen LogP contribution in [-0.4, -0.2) is 31.6 Å². The van der Waals surface area contributed by atoms with Gasteiger partial charge in [-0.05, 0) is 74.2 Å². The van der Waals surface area contributed by atoms with Crippen LogP contribution in [0.2, 0.25) is 0 Å². The predicted molar refractivity (Wildman–Crippen MR) is 151 cm³/mol. The molecule has 2 aliphatic rings. The third-order valence-corrected chi connectivity index (χ3v) is 13.1. The molecule has 2 aromatic rings. The van der Waals surface area contributed by atoms with Gasteiger partial charge in [-0.3, -0.25) is 0 Å². The van der Waals surface area contributed by atoms with Crippen molar-refractivity contribution < 1.29 is 4.21 Å². The first-order chi connectivity index (χ1) is 16.4. The summed E-state index contributed by atoms with van der Waals surface area (Å²) in [5, 5.41) is 1.60. The second-order valence-electron chi connectivity index (χ2n) is 11.3. The van der Waals surface area contributed by atoms with Crippen LogP contribution in [0.15, 0.2) is 54.6 Å². The van der Waals surface area contributed by atoms with Crippen molar-refractivity contribution in [1.29, 1.82) is 0 Å². The van der Waals surface area contributed by atoms with Crippen molar-refractivity contribution in [1.82, 2.24) is 4.31 Å². The van der Waals surface area contributed by atoms with Gasteiger partial charge in [0.15, 0.2) is 0 Å². The van der Waals surface area contributed by atoms with E-state index in [1.165, 1.54) is 75.3 Å². The van der Waals surface area contributed by atoms with Crippen molar-refractivity contribution >= 4 is 24.2 Å². The van der Waals surface area contributed by atoms with Crippen LogP contribution in [0.4, 0.5) is 0 Å². The Balaban J connectivity index is 1.82. The van der Waals surface area contributed by atoms with E-state index < -0.39 is 11.0 Å². The van der Waals surface area contributed by atoms with Crippen LogP contribution in [0.5, 0.6) is 0 Å². The largest absolute Gasteiger partial charge is 0.242 e. The van der Waals surface area contributed by atoms with Crippen molar-refractivity contribution in [3.63, 3.8) is 0 Å². The topological polar surface area (TPSA) is 20.3 Å². The van der Waals surface area contributed by atoms with Crippen molar-refractivity contribution in [2.75, 3.05) is 7.05 Å². The molecule has 2 atom stereocenters. The van der Waals surface area contributed by atoms with Crippen LogP contribution in [0.3, 0.4) is 0 Å². The van der Waals surface area contributed by atoms with Gasteiger partial charge in [-0.15, -0.1) is 0 Å². The Kier molecular flexibility index (Phi) is 9.05. The molecule has 0 amide bonds. The van der Waals surface area contributed by atoms with Crippen molar-refractivity contribution in [3.8, 4) is 0 Å². The summed E-state index contributed by atoms with van der Waals surface area (Å²) in [4.78, 5) is 0. The number of hydrogen-bond acceptors (Lipinski definition) is 1. The summed E-state index contributed by atoms with van der Waals surface area (Å²) < 4.78 is 15.5. The molecule has 2 aromatic carbocycles. The summed E-state index contributed by atoms with van der Waals surface area (Å²) in [6, 6.07) is 20.1. The van der Waals surface area contributed by atoms with Crippen molar-refractivity contribution in [2.45, 2.75) is 107 Å². The molecule has 4 heteroatoms. The Hall–Kier alpha value is -1.02. The fourth-order valence-corrected chi connectivity index (χ4v) is 11.4. The molecule has 0 aliphatic heterocycles. The first kappa shape index (κ1) is 26.1. The summed E-state index contributed by atoms with van der Waals surface area (Å²) in [7, 11) is 0.732. The van der Waals surface area contributed by atoms with Gasteiger partial charge in [0.2, 0.25) is 0 Å². The van der Waals surface area contributed by atoms with Crippen molar-refractivity contribution in [2.24, 2.45) is 0 Å². The van der Waals surface area contributed by atoms with Gasteiger partial charge in [-0.2, -0.15) is 0 Å². The van der Waals surface area contributed by atoms with Gasteiger partial charge >= 0.3 is 0 Å². The molecule has 0 unspecified atom stereocenters. The average Bonchev–Trinajstić information content (AvgIpc) is 2.86. The van der Waals surface area contributed by atoms with Gasteiger partial charge in [0.05, 0.1) is 10.8 Å². The molecule has 2 aliphatic carbocycles. The maximum atomic E-state index is 13.7. The normalized spacial score (nSPS) is 20.5. The van der Waals surface area contributed by atoms with Crippen LogP contribution in [0.25, 0.3) is 0 Å². The molecule has 34 heavy (non-hydrogen) atoms. The second kappa shape index (κ2) is 11.8. The zero-order chi connectivity index (χ0) is 24.1. The Bertz CT molecular complexity index is 910. The number of hydrogen-bond donors (Lipinski definition) is 0. The molecule has 0 aromatic heterocycles. The Labute approximate surface area is 212 Å². The van der Waals surface area contributed by atoms with Crippen LogP contribution in [0.1, 0.15) is 102 Å². The zero-order valence-corrected chi connectivity index (χ0v) is 23.4. The van der Waals surface area contributed by atoms with E-state index in [1.807, 2.05) is 0 Å². The monoisotopic (exact) mass is 497 g/mol. The predicted octanol–water partition coefficient (Wildman–Crippen LogP) is 7.94. The van der Waals surface area contributed by atoms with E-state index in [9.17, 15) is 4.21 Å². The van der Waals surface area contributed by atoms with E-state index in [0.717, 1.165) is 11.3 Å². The minimum absolute atomic E-state index is 0.00893. The summed E-state index contributed by atoms with van der Waals surface area (Å²) in [6.07, 6.45) is 14.0. The van der Waals surface area contributed by atoms with E-state index >= 15 is 0 Å². The van der Waals surface area contributed by atoms with Gasteiger partial charge in [0.1, 0.15) is 11.0 Å². The lowest BCUT2D eigenvalue weighted by atomic mass is 9.98. The minimum atomic E-state index is -1.10. The van der Waals surface area contributed by atoms with Gasteiger partial charge in [-0.1, -0.05) is 101 Å². The third-order valence-electron chi connectivity index (χ3n) is 7.71. The molecule has 2 fully saturated rings. The quantitative estimate of drug-likeness (QED) is 0.356. The highest BCUT2D eigenvalue weighted by Crippen LogP contribution is 2.56.